The van der Waals surface area contributed by atoms with E-state index in [1.807, 2.05) is 7.05 Å². The number of hydrogen-bond donors (Lipinski definition) is 1. The Hall–Kier alpha value is -1.65. The van der Waals surface area contributed by atoms with Gasteiger partial charge in [-0.05, 0) is 18.9 Å². The Morgan fingerprint density at radius 3 is 2.81 bits per heavy atom. The van der Waals surface area contributed by atoms with E-state index in [2.05, 4.69) is 15.5 Å². The Morgan fingerprint density at radius 2 is 2.19 bits per heavy atom. The fraction of sp³-hybridized carbons (Fsp3) is 0.545. The largest absolute Gasteiger partial charge is 0.325 e. The van der Waals surface area contributed by atoms with Crippen LogP contribution in [0.25, 0.3) is 0 Å². The first-order chi connectivity index (χ1) is 7.77. The number of nitrogens with zero attached hydrogens (tertiary/aromatic N) is 3. The van der Waals surface area contributed by atoms with Crippen molar-refractivity contribution in [3.63, 3.8) is 0 Å². The second-order valence-corrected chi connectivity index (χ2v) is 4.11. The second kappa shape index (κ2) is 4.92. The highest BCUT2D eigenvalue weighted by atomic mass is 16.2. The molecule has 86 valence electrons. The van der Waals surface area contributed by atoms with Crippen LogP contribution in [0.2, 0.25) is 0 Å². The highest BCUT2D eigenvalue weighted by Crippen LogP contribution is 2.22. The number of hydrogen-bond acceptors (Lipinski definition) is 3. The highest BCUT2D eigenvalue weighted by Gasteiger charge is 2.23. The van der Waals surface area contributed by atoms with E-state index in [0.29, 0.717) is 11.7 Å². The van der Waals surface area contributed by atoms with Crippen molar-refractivity contribution in [1.82, 2.24) is 15.1 Å². The summed E-state index contributed by atoms with van der Waals surface area (Å²) in [6.45, 7) is 0. The fourth-order valence-corrected chi connectivity index (χ4v) is 2.03. The van der Waals surface area contributed by atoms with E-state index in [4.69, 9.17) is 0 Å². The van der Waals surface area contributed by atoms with Gasteiger partial charge in [-0.2, -0.15) is 10.2 Å². The maximum atomic E-state index is 11.9. The van der Waals surface area contributed by atoms with E-state index in [1.165, 1.54) is 12.8 Å². The van der Waals surface area contributed by atoms with Gasteiger partial charge in [0.25, 0.3) is 0 Å². The van der Waals surface area contributed by atoms with Gasteiger partial charge < -0.3 is 10.2 Å². The fourth-order valence-electron chi connectivity index (χ4n) is 2.03. The van der Waals surface area contributed by atoms with Crippen molar-refractivity contribution < 1.29 is 4.79 Å². The number of carbonyl (C=O) groups excluding carboxylic acids is 1. The summed E-state index contributed by atoms with van der Waals surface area (Å²) in [4.78, 5) is 13.7. The molecule has 0 unspecified atom stereocenters. The monoisotopic (exact) mass is 220 g/mol. The van der Waals surface area contributed by atoms with Gasteiger partial charge in [-0.15, -0.1) is 0 Å². The first kappa shape index (κ1) is 10.9. The maximum Gasteiger partial charge on any atom is 0.321 e. The quantitative estimate of drug-likeness (QED) is 0.827. The van der Waals surface area contributed by atoms with Crippen molar-refractivity contribution in [3.05, 3.63) is 18.5 Å². The number of aromatic nitrogens is 2. The third-order valence-electron chi connectivity index (χ3n) is 3.03. The minimum absolute atomic E-state index is 0.0695. The van der Waals surface area contributed by atoms with Gasteiger partial charge >= 0.3 is 6.03 Å². The number of urea groups is 1. The van der Waals surface area contributed by atoms with Crippen LogP contribution >= 0.6 is 0 Å². The molecule has 1 N–H and O–H groups in total. The SMILES string of the molecule is CN(C(=O)Nc1ccnnc1)C1CCCC1. The molecule has 1 fully saturated rings. The van der Waals surface area contributed by atoms with E-state index in [1.54, 1.807) is 23.4 Å². The Kier molecular flexibility index (Phi) is 3.34. The molecule has 2 amide bonds. The normalized spacial score (nSPS) is 16.1. The smallest absolute Gasteiger partial charge is 0.321 e. The number of nitrogens with one attached hydrogen (secondary N) is 1. The summed E-state index contributed by atoms with van der Waals surface area (Å²) in [5.41, 5.74) is 0.685. The minimum Gasteiger partial charge on any atom is -0.325 e. The van der Waals surface area contributed by atoms with E-state index in [0.717, 1.165) is 12.8 Å². The summed E-state index contributed by atoms with van der Waals surface area (Å²) in [6, 6.07) is 2.04. The van der Waals surface area contributed by atoms with Gasteiger partial charge in [0.05, 0.1) is 18.1 Å². The minimum atomic E-state index is -0.0695. The predicted molar refractivity (Wildman–Crippen MR) is 61.1 cm³/mol. The summed E-state index contributed by atoms with van der Waals surface area (Å²) in [5.74, 6) is 0. The summed E-state index contributed by atoms with van der Waals surface area (Å²) < 4.78 is 0. The summed E-state index contributed by atoms with van der Waals surface area (Å²) >= 11 is 0. The molecule has 0 bridgehead atoms. The molecule has 0 radical (unpaired) electrons. The molecule has 2 rings (SSSR count). The lowest BCUT2D eigenvalue weighted by Gasteiger charge is -2.24. The first-order valence-electron chi connectivity index (χ1n) is 5.58. The third kappa shape index (κ3) is 2.48. The Labute approximate surface area is 94.9 Å². The summed E-state index contributed by atoms with van der Waals surface area (Å²) in [7, 11) is 1.85. The van der Waals surface area contributed by atoms with Crippen LogP contribution in [-0.2, 0) is 0 Å². The zero-order chi connectivity index (χ0) is 11.4. The Balaban J connectivity index is 1.92. The molecule has 0 saturated heterocycles. The number of carbonyl (C=O) groups is 1. The van der Waals surface area contributed by atoms with Gasteiger partial charge in [-0.1, -0.05) is 12.8 Å². The van der Waals surface area contributed by atoms with E-state index < -0.39 is 0 Å². The predicted octanol–water partition coefficient (Wildman–Crippen LogP) is 1.88. The second-order valence-electron chi connectivity index (χ2n) is 4.11. The van der Waals surface area contributed by atoms with Gasteiger partial charge in [-0.25, -0.2) is 4.79 Å². The third-order valence-corrected chi connectivity index (χ3v) is 3.03. The van der Waals surface area contributed by atoms with E-state index in [9.17, 15) is 4.79 Å². The molecule has 0 spiro atoms. The van der Waals surface area contributed by atoms with E-state index >= 15 is 0 Å². The van der Waals surface area contributed by atoms with Crippen LogP contribution in [0.15, 0.2) is 18.5 Å². The number of anilines is 1. The van der Waals surface area contributed by atoms with Gasteiger partial charge in [-0.3, -0.25) is 0 Å². The first-order valence-corrected chi connectivity index (χ1v) is 5.58. The van der Waals surface area contributed by atoms with Crippen LogP contribution in [0.3, 0.4) is 0 Å². The Morgan fingerprint density at radius 1 is 1.44 bits per heavy atom. The van der Waals surface area contributed by atoms with Crippen molar-refractivity contribution in [2.24, 2.45) is 0 Å². The lowest BCUT2D eigenvalue weighted by molar-refractivity contribution is 0.205. The molecule has 1 saturated carbocycles. The lowest BCUT2D eigenvalue weighted by Crippen LogP contribution is -2.38. The molecule has 1 aromatic heterocycles. The molecule has 0 aliphatic heterocycles. The lowest BCUT2D eigenvalue weighted by atomic mass is 10.2. The zero-order valence-electron chi connectivity index (χ0n) is 9.39. The maximum absolute atomic E-state index is 11.9. The highest BCUT2D eigenvalue weighted by molar-refractivity contribution is 5.89. The van der Waals surface area contributed by atoms with Crippen LogP contribution in [0.5, 0.6) is 0 Å². The van der Waals surface area contributed by atoms with Crippen LogP contribution in [-0.4, -0.2) is 34.2 Å². The van der Waals surface area contributed by atoms with Crippen molar-refractivity contribution in [2.75, 3.05) is 12.4 Å². The van der Waals surface area contributed by atoms with Gasteiger partial charge in [0.15, 0.2) is 0 Å². The summed E-state index contributed by atoms with van der Waals surface area (Å²) in [6.07, 6.45) is 7.76. The molecule has 1 aliphatic rings. The molecule has 0 atom stereocenters. The molecule has 1 aromatic rings. The zero-order valence-corrected chi connectivity index (χ0v) is 9.39. The molecule has 0 aromatic carbocycles. The van der Waals surface area contributed by atoms with Gasteiger partial charge in [0.2, 0.25) is 0 Å². The van der Waals surface area contributed by atoms with Crippen LogP contribution in [0, 0.1) is 0 Å². The van der Waals surface area contributed by atoms with Crippen molar-refractivity contribution >= 4 is 11.7 Å². The van der Waals surface area contributed by atoms with Crippen LogP contribution < -0.4 is 5.32 Å². The average Bonchev–Trinajstić information content (AvgIpc) is 2.83. The molecular weight excluding hydrogens is 204 g/mol. The molecule has 1 heterocycles. The van der Waals surface area contributed by atoms with Crippen molar-refractivity contribution in [1.29, 1.82) is 0 Å². The van der Waals surface area contributed by atoms with Gasteiger partial charge in [0, 0.05) is 13.1 Å². The van der Waals surface area contributed by atoms with Crippen molar-refractivity contribution in [2.45, 2.75) is 31.7 Å². The number of amides is 2. The standard InChI is InChI=1S/C11H16N4O/c1-15(10-4-2-3-5-10)11(16)14-9-6-7-12-13-8-9/h6-8,10H,2-5H2,1H3,(H,12,14,16). The van der Waals surface area contributed by atoms with Crippen molar-refractivity contribution in [3.8, 4) is 0 Å². The summed E-state index contributed by atoms with van der Waals surface area (Å²) in [5, 5.41) is 10.2. The average molecular weight is 220 g/mol. The molecule has 5 nitrogen and oxygen atoms in total. The van der Waals surface area contributed by atoms with Crippen LogP contribution in [0.4, 0.5) is 10.5 Å². The van der Waals surface area contributed by atoms with Crippen LogP contribution in [0.1, 0.15) is 25.7 Å². The number of rotatable bonds is 2. The van der Waals surface area contributed by atoms with Gasteiger partial charge in [0.1, 0.15) is 0 Å². The molecule has 1 aliphatic carbocycles. The molecule has 5 heteroatoms. The molecular formula is C11H16N4O. The molecule has 16 heavy (non-hydrogen) atoms. The van der Waals surface area contributed by atoms with E-state index in [-0.39, 0.29) is 6.03 Å². The Bertz CT molecular complexity index is 348. The topological polar surface area (TPSA) is 58.1 Å².